The molecule has 10 heteroatoms. The van der Waals surface area contributed by atoms with Gasteiger partial charge in [-0.15, -0.1) is 0 Å². The molecule has 0 fully saturated rings. The van der Waals surface area contributed by atoms with Crippen LogP contribution >= 0.6 is 0 Å². The number of carbonyl (C=O) groups is 1. The first kappa shape index (κ1) is 24.4. The topological polar surface area (TPSA) is 111 Å². The molecule has 37 heavy (non-hydrogen) atoms. The Bertz CT molecular complexity index is 1610. The van der Waals surface area contributed by atoms with Gasteiger partial charge >= 0.3 is 6.09 Å². The van der Waals surface area contributed by atoms with Gasteiger partial charge in [-0.3, -0.25) is 0 Å². The van der Waals surface area contributed by atoms with Crippen molar-refractivity contribution in [1.29, 1.82) is 0 Å². The van der Waals surface area contributed by atoms with Crippen molar-refractivity contribution < 1.29 is 27.8 Å². The molecule has 0 bridgehead atoms. The highest BCUT2D eigenvalue weighted by atomic mass is 32.2. The number of nitrogens with zero attached hydrogens (tertiary/aromatic N) is 3. The number of aromatic nitrogens is 2. The van der Waals surface area contributed by atoms with Gasteiger partial charge in [0.25, 0.3) is 10.0 Å². The average Bonchev–Trinajstić information content (AvgIpc) is 3.28. The van der Waals surface area contributed by atoms with Crippen LogP contribution in [0.25, 0.3) is 17.1 Å². The number of carboxylic acid groups (broad SMARTS) is 1. The zero-order valence-corrected chi connectivity index (χ0v) is 21.1. The molecule has 4 aromatic rings. The summed E-state index contributed by atoms with van der Waals surface area (Å²) >= 11 is 0. The summed E-state index contributed by atoms with van der Waals surface area (Å²) in [5, 5.41) is 10.0. The fourth-order valence-corrected chi connectivity index (χ4v) is 6.08. The summed E-state index contributed by atoms with van der Waals surface area (Å²) in [6.07, 6.45) is 4.10. The van der Waals surface area contributed by atoms with E-state index in [0.717, 1.165) is 11.1 Å². The Morgan fingerprint density at radius 3 is 2.65 bits per heavy atom. The quantitative estimate of drug-likeness (QED) is 0.345. The molecule has 2 aromatic heterocycles. The van der Waals surface area contributed by atoms with Gasteiger partial charge < -0.3 is 19.5 Å². The molecular formula is C27H25N3O6S. The van der Waals surface area contributed by atoms with E-state index < -0.39 is 16.1 Å². The second-order valence-electron chi connectivity index (χ2n) is 8.60. The van der Waals surface area contributed by atoms with Crippen molar-refractivity contribution in [2.75, 3.05) is 13.7 Å². The van der Waals surface area contributed by atoms with Gasteiger partial charge in [-0.2, -0.15) is 0 Å². The van der Waals surface area contributed by atoms with Crippen LogP contribution in [0, 0.1) is 0 Å². The van der Waals surface area contributed by atoms with Gasteiger partial charge in [0, 0.05) is 12.7 Å². The van der Waals surface area contributed by atoms with E-state index in [9.17, 15) is 18.3 Å². The molecule has 1 N–H and O–H groups in total. The third kappa shape index (κ3) is 4.40. The highest BCUT2D eigenvalue weighted by Crippen LogP contribution is 2.37. The maximum Gasteiger partial charge on any atom is 0.407 e. The van der Waals surface area contributed by atoms with Crippen LogP contribution in [-0.2, 0) is 21.2 Å². The predicted octanol–water partition coefficient (Wildman–Crippen LogP) is 5.28. The third-order valence-corrected chi connectivity index (χ3v) is 8.17. The normalized spacial score (nSPS) is 15.6. The van der Waals surface area contributed by atoms with Crippen molar-refractivity contribution in [3.8, 4) is 11.5 Å². The summed E-state index contributed by atoms with van der Waals surface area (Å²) < 4.78 is 39.6. The van der Waals surface area contributed by atoms with Crippen molar-refractivity contribution in [3.05, 3.63) is 89.9 Å². The number of fused-ring (bicyclic) bond motifs is 2. The number of methoxy groups -OCH3 is 1. The minimum Gasteiger partial charge on any atom is -0.504 e. The minimum atomic E-state index is -3.98. The standard InChI is InChI=1S/C27H25N3O6S/c1-18-23-17-21(9-8-19(23)11-14-29(18)27(31)32)36-25-10-13-28-26-24(25)16-20(12-15-35-2)30(26)37(33,34)22-6-4-3-5-7-22/h3-10,12-13,15-18H,11,14H2,1-2H3,(H,31,32)/b15-12+/t18-/m0/s1. The molecule has 0 unspecified atom stereocenters. The van der Waals surface area contributed by atoms with E-state index in [1.165, 1.54) is 40.6 Å². The molecule has 1 atom stereocenters. The average molecular weight is 520 g/mol. The number of hydrogen-bond donors (Lipinski definition) is 1. The molecular weight excluding hydrogens is 494 g/mol. The molecule has 0 saturated heterocycles. The number of ether oxygens (including phenoxy) is 2. The van der Waals surface area contributed by atoms with Crippen LogP contribution in [0.2, 0.25) is 0 Å². The molecule has 0 saturated carbocycles. The summed E-state index contributed by atoms with van der Waals surface area (Å²) in [6.45, 7) is 2.29. The van der Waals surface area contributed by atoms with Gasteiger partial charge in [0.2, 0.25) is 0 Å². The molecule has 0 radical (unpaired) electrons. The van der Waals surface area contributed by atoms with E-state index in [1.54, 1.807) is 36.4 Å². The lowest BCUT2D eigenvalue weighted by Gasteiger charge is -2.33. The van der Waals surface area contributed by atoms with Crippen molar-refractivity contribution in [2.45, 2.75) is 24.3 Å². The van der Waals surface area contributed by atoms with Crippen LogP contribution in [-0.4, -0.2) is 47.1 Å². The van der Waals surface area contributed by atoms with Gasteiger partial charge in [-0.25, -0.2) is 22.2 Å². The molecule has 3 heterocycles. The van der Waals surface area contributed by atoms with Crippen molar-refractivity contribution in [1.82, 2.24) is 13.9 Å². The van der Waals surface area contributed by atoms with Crippen LogP contribution < -0.4 is 4.74 Å². The SMILES string of the molecule is CO/C=C/c1cc2c(Oc3ccc4c(c3)[C@H](C)N(C(=O)O)CC4)ccnc2n1S(=O)(=O)c1ccccc1. The summed E-state index contributed by atoms with van der Waals surface area (Å²) in [4.78, 5) is 17.5. The fraction of sp³-hybridized carbons (Fsp3) is 0.185. The van der Waals surface area contributed by atoms with E-state index in [2.05, 4.69) is 4.98 Å². The van der Waals surface area contributed by atoms with Crippen LogP contribution in [0.5, 0.6) is 11.5 Å². The number of benzene rings is 2. The first-order valence-corrected chi connectivity index (χ1v) is 13.1. The molecule has 1 aliphatic heterocycles. The molecule has 0 spiro atoms. The molecule has 1 aliphatic rings. The molecule has 190 valence electrons. The Morgan fingerprint density at radius 2 is 1.92 bits per heavy atom. The Morgan fingerprint density at radius 1 is 1.14 bits per heavy atom. The smallest absolute Gasteiger partial charge is 0.407 e. The minimum absolute atomic E-state index is 0.124. The van der Waals surface area contributed by atoms with Crippen LogP contribution in [0.4, 0.5) is 4.79 Å². The van der Waals surface area contributed by atoms with Gasteiger partial charge in [-0.1, -0.05) is 24.3 Å². The van der Waals surface area contributed by atoms with E-state index in [-0.39, 0.29) is 16.6 Å². The Labute approximate surface area is 214 Å². The fourth-order valence-electron chi connectivity index (χ4n) is 4.61. The first-order chi connectivity index (χ1) is 17.8. The van der Waals surface area contributed by atoms with E-state index in [0.29, 0.717) is 35.5 Å². The number of hydrogen-bond acceptors (Lipinski definition) is 6. The van der Waals surface area contributed by atoms with Gasteiger partial charge in [-0.05, 0) is 66.9 Å². The maximum atomic E-state index is 13.6. The van der Waals surface area contributed by atoms with Crippen molar-refractivity contribution >= 4 is 33.2 Å². The lowest BCUT2D eigenvalue weighted by molar-refractivity contribution is 0.124. The lowest BCUT2D eigenvalue weighted by Crippen LogP contribution is -2.37. The lowest BCUT2D eigenvalue weighted by atomic mass is 9.93. The van der Waals surface area contributed by atoms with Crippen LogP contribution in [0.1, 0.15) is 29.8 Å². The zero-order valence-electron chi connectivity index (χ0n) is 20.2. The molecule has 1 amide bonds. The Kier molecular flexibility index (Phi) is 6.34. The zero-order chi connectivity index (χ0) is 26.2. The third-order valence-electron chi connectivity index (χ3n) is 6.43. The first-order valence-electron chi connectivity index (χ1n) is 11.6. The molecule has 9 nitrogen and oxygen atoms in total. The number of amides is 1. The van der Waals surface area contributed by atoms with Crippen molar-refractivity contribution in [2.24, 2.45) is 0 Å². The highest BCUT2D eigenvalue weighted by molar-refractivity contribution is 7.90. The highest BCUT2D eigenvalue weighted by Gasteiger charge is 2.28. The number of pyridine rings is 1. The largest absolute Gasteiger partial charge is 0.504 e. The van der Waals surface area contributed by atoms with Gasteiger partial charge in [0.05, 0.1) is 35.4 Å². The van der Waals surface area contributed by atoms with E-state index in [1.807, 2.05) is 25.1 Å². The Hall–Kier alpha value is -4.31. The maximum absolute atomic E-state index is 13.6. The molecule has 5 rings (SSSR count). The second-order valence-corrected chi connectivity index (χ2v) is 10.4. The Balaban J connectivity index is 1.60. The van der Waals surface area contributed by atoms with Crippen LogP contribution in [0.15, 0.2) is 78.0 Å². The van der Waals surface area contributed by atoms with Gasteiger partial charge in [0.15, 0.2) is 5.65 Å². The van der Waals surface area contributed by atoms with E-state index in [4.69, 9.17) is 9.47 Å². The van der Waals surface area contributed by atoms with Crippen LogP contribution in [0.3, 0.4) is 0 Å². The van der Waals surface area contributed by atoms with Gasteiger partial charge in [0.1, 0.15) is 11.5 Å². The predicted molar refractivity (Wildman–Crippen MR) is 138 cm³/mol. The molecule has 2 aromatic carbocycles. The summed E-state index contributed by atoms with van der Waals surface area (Å²) in [5.41, 5.74) is 2.51. The summed E-state index contributed by atoms with van der Waals surface area (Å²) in [7, 11) is -2.50. The second kappa shape index (κ2) is 9.62. The summed E-state index contributed by atoms with van der Waals surface area (Å²) in [5.74, 6) is 0.926. The monoisotopic (exact) mass is 519 g/mol. The summed E-state index contributed by atoms with van der Waals surface area (Å²) in [6, 6.07) is 16.8. The molecule has 0 aliphatic carbocycles. The van der Waals surface area contributed by atoms with E-state index >= 15 is 0 Å². The number of rotatable bonds is 6. The van der Waals surface area contributed by atoms with Crippen molar-refractivity contribution in [3.63, 3.8) is 0 Å².